The molecule has 2 aromatic carbocycles. The van der Waals surface area contributed by atoms with Crippen molar-refractivity contribution < 1.29 is 18.3 Å². The third-order valence-electron chi connectivity index (χ3n) is 4.44. The molecule has 1 aromatic heterocycles. The van der Waals surface area contributed by atoms with Gasteiger partial charge in [-0.25, -0.2) is 8.42 Å². The van der Waals surface area contributed by atoms with E-state index in [1.807, 2.05) is 35.8 Å². The van der Waals surface area contributed by atoms with Gasteiger partial charge in [-0.05, 0) is 47.1 Å². The van der Waals surface area contributed by atoms with Gasteiger partial charge in [0.15, 0.2) is 9.84 Å². The summed E-state index contributed by atoms with van der Waals surface area (Å²) >= 11 is 3.55. The summed E-state index contributed by atoms with van der Waals surface area (Å²) in [5, 5.41) is 13.6. The highest BCUT2D eigenvalue weighted by molar-refractivity contribution is 9.10. The third kappa shape index (κ3) is 3.72. The molecule has 3 aromatic rings. The predicted octanol–water partition coefficient (Wildman–Crippen LogP) is 3.85. The van der Waals surface area contributed by atoms with Crippen molar-refractivity contribution in [3.63, 3.8) is 0 Å². The number of nitrogens with one attached hydrogen (secondary N) is 1. The monoisotopic (exact) mass is 450 g/mol. The molecule has 3 rings (SSSR count). The number of nitrogens with zero attached hydrogens (tertiary/aromatic N) is 1. The average molecular weight is 451 g/mol. The van der Waals surface area contributed by atoms with Gasteiger partial charge in [0, 0.05) is 21.1 Å². The number of aromatic hydroxyl groups is 1. The number of aromatic nitrogens is 1. The summed E-state index contributed by atoms with van der Waals surface area (Å²) in [4.78, 5) is 12.6. The summed E-state index contributed by atoms with van der Waals surface area (Å²) in [6, 6.07) is 11.6. The van der Waals surface area contributed by atoms with Gasteiger partial charge < -0.3 is 15.0 Å². The van der Waals surface area contributed by atoms with Crippen molar-refractivity contribution in [2.75, 3.05) is 11.1 Å². The van der Waals surface area contributed by atoms with E-state index >= 15 is 0 Å². The number of benzene rings is 2. The summed E-state index contributed by atoms with van der Waals surface area (Å²) in [5.41, 5.74) is 1.88. The van der Waals surface area contributed by atoms with Crippen molar-refractivity contribution in [2.45, 2.75) is 25.3 Å². The van der Waals surface area contributed by atoms with Crippen LogP contribution in [0.15, 0.2) is 51.8 Å². The van der Waals surface area contributed by atoms with Gasteiger partial charge in [-0.15, -0.1) is 0 Å². The minimum Gasteiger partial charge on any atom is -0.506 e. The van der Waals surface area contributed by atoms with E-state index in [9.17, 15) is 18.3 Å². The van der Waals surface area contributed by atoms with Crippen LogP contribution in [0.4, 0.5) is 5.69 Å². The second-order valence-electron chi connectivity index (χ2n) is 6.13. The van der Waals surface area contributed by atoms with E-state index in [0.29, 0.717) is 0 Å². The number of anilines is 1. The molecule has 6 nitrogen and oxygen atoms in total. The van der Waals surface area contributed by atoms with Gasteiger partial charge in [0.05, 0.1) is 16.3 Å². The molecule has 0 fully saturated rings. The number of hydrogen-bond donors (Lipinski definition) is 2. The molecule has 1 amide bonds. The Hall–Kier alpha value is -2.32. The topological polar surface area (TPSA) is 88.4 Å². The lowest BCUT2D eigenvalue weighted by Crippen LogP contribution is -2.19. The lowest BCUT2D eigenvalue weighted by molar-refractivity contribution is -0.116. The molecule has 0 saturated heterocycles. The molecule has 8 heteroatoms. The van der Waals surface area contributed by atoms with Gasteiger partial charge in [0.25, 0.3) is 0 Å². The van der Waals surface area contributed by atoms with E-state index in [0.717, 1.165) is 21.1 Å². The standard InChI is InChI=1S/C19H19BrN2O4S/c1-3-27(25,26)13-8-9-17(23)15(10-13)21-18(24)11-22-12(2)19(20)14-6-4-5-7-16(14)22/h4-10,23H,3,11H2,1-2H3,(H,21,24). The largest absolute Gasteiger partial charge is 0.506 e. The molecule has 0 aliphatic carbocycles. The summed E-state index contributed by atoms with van der Waals surface area (Å²) < 4.78 is 26.8. The van der Waals surface area contributed by atoms with Crippen molar-refractivity contribution in [2.24, 2.45) is 0 Å². The molecular formula is C19H19BrN2O4S. The predicted molar refractivity (Wildman–Crippen MR) is 109 cm³/mol. The summed E-state index contributed by atoms with van der Waals surface area (Å²) in [6.45, 7) is 3.48. The van der Waals surface area contributed by atoms with Gasteiger partial charge in [0.2, 0.25) is 5.91 Å². The first kappa shape index (κ1) is 19.4. The number of hydrogen-bond acceptors (Lipinski definition) is 4. The second-order valence-corrected chi connectivity index (χ2v) is 9.20. The molecule has 0 saturated carbocycles. The molecule has 0 aliphatic heterocycles. The number of halogens is 1. The Bertz CT molecular complexity index is 1140. The van der Waals surface area contributed by atoms with E-state index in [1.165, 1.54) is 25.1 Å². The second kappa shape index (κ2) is 7.36. The molecule has 1 heterocycles. The Kier molecular flexibility index (Phi) is 5.30. The van der Waals surface area contributed by atoms with E-state index in [-0.39, 0.29) is 34.5 Å². The number of amides is 1. The summed E-state index contributed by atoms with van der Waals surface area (Å²) in [7, 11) is -3.44. The minimum atomic E-state index is -3.44. The van der Waals surface area contributed by atoms with E-state index in [1.54, 1.807) is 0 Å². The Labute approximate surface area is 165 Å². The summed E-state index contributed by atoms with van der Waals surface area (Å²) in [5.74, 6) is -0.616. The molecule has 27 heavy (non-hydrogen) atoms. The highest BCUT2D eigenvalue weighted by Gasteiger charge is 2.17. The molecule has 0 radical (unpaired) electrons. The Balaban J connectivity index is 1.90. The number of para-hydroxylation sites is 1. The first-order valence-electron chi connectivity index (χ1n) is 8.33. The van der Waals surface area contributed by atoms with Gasteiger partial charge in [-0.2, -0.15) is 0 Å². The van der Waals surface area contributed by atoms with Crippen LogP contribution in [0.5, 0.6) is 5.75 Å². The van der Waals surface area contributed by atoms with Crippen LogP contribution in [0.25, 0.3) is 10.9 Å². The van der Waals surface area contributed by atoms with Gasteiger partial charge in [-0.1, -0.05) is 25.1 Å². The number of rotatable bonds is 5. The summed E-state index contributed by atoms with van der Waals surface area (Å²) in [6.07, 6.45) is 0. The van der Waals surface area contributed by atoms with E-state index in [4.69, 9.17) is 0 Å². The molecular weight excluding hydrogens is 432 g/mol. The van der Waals surface area contributed by atoms with Crippen molar-refractivity contribution in [3.05, 3.63) is 52.6 Å². The smallest absolute Gasteiger partial charge is 0.244 e. The fourth-order valence-corrected chi connectivity index (χ4v) is 4.36. The fraction of sp³-hybridized carbons (Fsp3) is 0.211. The Morgan fingerprint density at radius 2 is 1.93 bits per heavy atom. The number of fused-ring (bicyclic) bond motifs is 1. The first-order chi connectivity index (χ1) is 12.7. The van der Waals surface area contributed by atoms with Crippen LogP contribution in [0.3, 0.4) is 0 Å². The zero-order valence-corrected chi connectivity index (χ0v) is 17.3. The molecule has 0 bridgehead atoms. The number of sulfone groups is 1. The fourth-order valence-electron chi connectivity index (χ4n) is 2.90. The van der Waals surface area contributed by atoms with Crippen molar-refractivity contribution >= 4 is 48.3 Å². The minimum absolute atomic E-state index is 0.0299. The van der Waals surface area contributed by atoms with Crippen LogP contribution >= 0.6 is 15.9 Å². The van der Waals surface area contributed by atoms with Crippen LogP contribution in [0.2, 0.25) is 0 Å². The van der Waals surface area contributed by atoms with Crippen LogP contribution in [-0.4, -0.2) is 29.8 Å². The maximum absolute atomic E-state index is 12.6. The van der Waals surface area contributed by atoms with Crippen LogP contribution in [0.1, 0.15) is 12.6 Å². The Morgan fingerprint density at radius 1 is 1.22 bits per heavy atom. The van der Waals surface area contributed by atoms with Crippen molar-refractivity contribution in [3.8, 4) is 5.75 Å². The first-order valence-corrected chi connectivity index (χ1v) is 10.8. The zero-order chi connectivity index (χ0) is 19.8. The highest BCUT2D eigenvalue weighted by atomic mass is 79.9. The molecule has 0 aliphatic rings. The van der Waals surface area contributed by atoms with Gasteiger partial charge in [-0.3, -0.25) is 4.79 Å². The van der Waals surface area contributed by atoms with Crippen LogP contribution < -0.4 is 5.32 Å². The van der Waals surface area contributed by atoms with E-state index in [2.05, 4.69) is 21.2 Å². The lowest BCUT2D eigenvalue weighted by atomic mass is 10.2. The molecule has 2 N–H and O–H groups in total. The van der Waals surface area contributed by atoms with Gasteiger partial charge in [0.1, 0.15) is 12.3 Å². The maximum atomic E-state index is 12.6. The number of carbonyl (C=O) groups excluding carboxylic acids is 1. The third-order valence-corrected chi connectivity index (χ3v) is 7.17. The molecule has 0 atom stereocenters. The lowest BCUT2D eigenvalue weighted by Gasteiger charge is -2.12. The maximum Gasteiger partial charge on any atom is 0.244 e. The van der Waals surface area contributed by atoms with Gasteiger partial charge >= 0.3 is 0 Å². The number of carbonyl (C=O) groups is 1. The zero-order valence-electron chi connectivity index (χ0n) is 14.9. The number of phenols is 1. The van der Waals surface area contributed by atoms with Crippen LogP contribution in [-0.2, 0) is 21.2 Å². The SMILES string of the molecule is CCS(=O)(=O)c1ccc(O)c(NC(=O)Cn2c(C)c(Br)c3ccccc32)c1. The normalized spacial score (nSPS) is 11.7. The highest BCUT2D eigenvalue weighted by Crippen LogP contribution is 2.31. The number of phenolic OH excluding ortho intramolecular Hbond substituents is 1. The van der Waals surface area contributed by atoms with Crippen LogP contribution in [0, 0.1) is 6.92 Å². The molecule has 142 valence electrons. The Morgan fingerprint density at radius 3 is 2.63 bits per heavy atom. The van der Waals surface area contributed by atoms with Crippen molar-refractivity contribution in [1.29, 1.82) is 0 Å². The molecule has 0 spiro atoms. The molecule has 0 unspecified atom stereocenters. The van der Waals surface area contributed by atoms with E-state index < -0.39 is 9.84 Å². The average Bonchev–Trinajstić information content (AvgIpc) is 2.88. The van der Waals surface area contributed by atoms with Crippen molar-refractivity contribution in [1.82, 2.24) is 4.57 Å². The quantitative estimate of drug-likeness (QED) is 0.577.